The van der Waals surface area contributed by atoms with Crippen LogP contribution < -0.4 is 0 Å². The number of hydrogen-bond acceptors (Lipinski definition) is 1. The van der Waals surface area contributed by atoms with E-state index >= 15 is 0 Å². The molecule has 54 valence electrons. The molecule has 0 aliphatic carbocycles. The molecule has 0 aliphatic heterocycles. The van der Waals surface area contributed by atoms with E-state index < -0.39 is 11.1 Å². The van der Waals surface area contributed by atoms with Gasteiger partial charge in [0.1, 0.15) is 0 Å². The van der Waals surface area contributed by atoms with Gasteiger partial charge in [-0.2, -0.15) is 0 Å². The molecule has 0 bridgehead atoms. The molecule has 0 radical (unpaired) electrons. The molecular weight excluding hydrogens is 135 g/mol. The van der Waals surface area contributed by atoms with Gasteiger partial charge in [-0.3, -0.25) is 4.79 Å². The topological polar surface area (TPSA) is 37.3 Å². The number of aliphatic carboxylic acids is 1. The molecule has 0 rings (SSSR count). The molecule has 0 amide bonds. The molecule has 0 heterocycles. The van der Waals surface area contributed by atoms with Crippen molar-refractivity contribution in [1.29, 1.82) is 0 Å². The zero-order chi connectivity index (χ0) is 7.49. The smallest absolute Gasteiger partial charge is 0.313 e. The van der Waals surface area contributed by atoms with Gasteiger partial charge in [-0.25, -0.2) is 0 Å². The number of carboxylic acid groups (broad SMARTS) is 1. The Balaban J connectivity index is 4.09. The summed E-state index contributed by atoms with van der Waals surface area (Å²) in [7, 11) is 2.38. The van der Waals surface area contributed by atoms with Gasteiger partial charge in [-0.15, -0.1) is 9.24 Å². The summed E-state index contributed by atoms with van der Waals surface area (Å²) in [5, 5.41) is 8.03. The van der Waals surface area contributed by atoms with Crippen molar-refractivity contribution in [2.24, 2.45) is 0 Å². The predicted molar refractivity (Wildman–Crippen MR) is 40.7 cm³/mol. The lowest BCUT2D eigenvalue weighted by atomic mass is 10.0. The molecule has 0 aromatic carbocycles. The first kappa shape index (κ1) is 8.90. The van der Waals surface area contributed by atoms with Gasteiger partial charge in [0.15, 0.2) is 0 Å². The molecule has 0 saturated carbocycles. The van der Waals surface area contributed by atoms with Crippen molar-refractivity contribution in [3.8, 4) is 0 Å². The van der Waals surface area contributed by atoms with E-state index in [1.54, 1.807) is 0 Å². The van der Waals surface area contributed by atoms with Gasteiger partial charge in [-0.1, -0.05) is 13.8 Å². The van der Waals surface area contributed by atoms with E-state index in [1.807, 2.05) is 13.8 Å². The van der Waals surface area contributed by atoms with Crippen molar-refractivity contribution in [1.82, 2.24) is 0 Å². The summed E-state index contributed by atoms with van der Waals surface area (Å²) < 4.78 is 0. The second-order valence-electron chi connectivity index (χ2n) is 2.17. The van der Waals surface area contributed by atoms with Crippen molar-refractivity contribution >= 4 is 15.2 Å². The van der Waals surface area contributed by atoms with E-state index in [0.717, 1.165) is 0 Å². The quantitative estimate of drug-likeness (QED) is 0.616. The fourth-order valence-electron chi connectivity index (χ4n) is 0.552. The molecule has 0 spiro atoms. The monoisotopic (exact) mass is 148 g/mol. The SMILES string of the molecule is CCC(P)(CC)C(=O)O. The maximum Gasteiger partial charge on any atom is 0.313 e. The Hall–Kier alpha value is -0.100. The van der Waals surface area contributed by atoms with Gasteiger partial charge >= 0.3 is 5.97 Å². The highest BCUT2D eigenvalue weighted by molar-refractivity contribution is 7.20. The first-order valence-corrected chi connectivity index (χ1v) is 3.67. The Morgan fingerprint density at radius 3 is 1.89 bits per heavy atom. The largest absolute Gasteiger partial charge is 0.481 e. The molecule has 1 N–H and O–H groups in total. The first-order valence-electron chi connectivity index (χ1n) is 3.09. The first-order chi connectivity index (χ1) is 4.06. The molecule has 1 unspecified atom stereocenters. The lowest BCUT2D eigenvalue weighted by Gasteiger charge is -2.19. The highest BCUT2D eigenvalue weighted by Crippen LogP contribution is 2.26. The van der Waals surface area contributed by atoms with Crippen LogP contribution in [0.25, 0.3) is 0 Å². The summed E-state index contributed by atoms with van der Waals surface area (Å²) in [4.78, 5) is 10.5. The lowest BCUT2D eigenvalue weighted by Crippen LogP contribution is -2.29. The van der Waals surface area contributed by atoms with Crippen LogP contribution in [0.4, 0.5) is 0 Å². The molecule has 0 saturated heterocycles. The third-order valence-electron chi connectivity index (χ3n) is 1.69. The molecule has 0 fully saturated rings. The highest BCUT2D eigenvalue weighted by Gasteiger charge is 2.28. The standard InChI is InChI=1S/C6H13O2P/c1-3-6(9,4-2)5(7)8/h3-4,9H2,1-2H3,(H,7,8). The summed E-state index contributed by atoms with van der Waals surface area (Å²) in [6.07, 6.45) is 1.34. The van der Waals surface area contributed by atoms with Gasteiger partial charge in [0.05, 0.1) is 5.16 Å². The van der Waals surface area contributed by atoms with E-state index in [2.05, 4.69) is 9.24 Å². The molecule has 0 aromatic heterocycles. The molecule has 0 aromatic rings. The van der Waals surface area contributed by atoms with Crippen LogP contribution >= 0.6 is 9.24 Å². The summed E-state index contributed by atoms with van der Waals surface area (Å²) in [6.45, 7) is 3.76. The highest BCUT2D eigenvalue weighted by atomic mass is 31.0. The Kier molecular flexibility index (Phi) is 3.13. The fourth-order valence-corrected chi connectivity index (χ4v) is 0.552. The average Bonchev–Trinajstić information content (AvgIpc) is 1.86. The third-order valence-corrected chi connectivity index (χ3v) is 2.75. The third kappa shape index (κ3) is 1.94. The van der Waals surface area contributed by atoms with Crippen molar-refractivity contribution in [2.75, 3.05) is 0 Å². The van der Waals surface area contributed by atoms with Crippen molar-refractivity contribution in [3.05, 3.63) is 0 Å². The summed E-state index contributed by atoms with van der Waals surface area (Å²) in [5.41, 5.74) is 0. The zero-order valence-electron chi connectivity index (χ0n) is 5.85. The van der Waals surface area contributed by atoms with Crippen LogP contribution in [0.15, 0.2) is 0 Å². The van der Waals surface area contributed by atoms with Crippen LogP contribution in [-0.4, -0.2) is 16.2 Å². The van der Waals surface area contributed by atoms with E-state index in [1.165, 1.54) is 0 Å². The van der Waals surface area contributed by atoms with Gasteiger partial charge in [-0.05, 0) is 12.8 Å². The van der Waals surface area contributed by atoms with E-state index in [4.69, 9.17) is 5.11 Å². The minimum atomic E-state index is -0.725. The Morgan fingerprint density at radius 1 is 1.56 bits per heavy atom. The minimum absolute atomic E-state index is 0.583. The molecule has 2 nitrogen and oxygen atoms in total. The van der Waals surface area contributed by atoms with E-state index in [0.29, 0.717) is 12.8 Å². The summed E-state index contributed by atoms with van der Waals surface area (Å²) in [6, 6.07) is 0. The second kappa shape index (κ2) is 3.17. The number of carbonyl (C=O) groups is 1. The Morgan fingerprint density at radius 2 is 1.89 bits per heavy atom. The van der Waals surface area contributed by atoms with Gasteiger partial charge in [0.25, 0.3) is 0 Å². The summed E-state index contributed by atoms with van der Waals surface area (Å²) >= 11 is 0. The molecule has 9 heavy (non-hydrogen) atoms. The van der Waals surface area contributed by atoms with E-state index in [9.17, 15) is 4.79 Å². The van der Waals surface area contributed by atoms with Crippen LogP contribution in [0, 0.1) is 0 Å². The van der Waals surface area contributed by atoms with Crippen molar-refractivity contribution in [2.45, 2.75) is 31.8 Å². The molecule has 1 atom stereocenters. The van der Waals surface area contributed by atoms with Gasteiger partial charge in [0, 0.05) is 0 Å². The van der Waals surface area contributed by atoms with Crippen molar-refractivity contribution < 1.29 is 9.90 Å². The maximum atomic E-state index is 10.5. The van der Waals surface area contributed by atoms with Crippen LogP contribution in [-0.2, 0) is 4.79 Å². The minimum Gasteiger partial charge on any atom is -0.481 e. The fraction of sp³-hybridized carbons (Fsp3) is 0.833. The number of carboxylic acids is 1. The van der Waals surface area contributed by atoms with Crippen molar-refractivity contribution in [3.63, 3.8) is 0 Å². The Bertz CT molecular complexity index is 108. The number of hydrogen-bond donors (Lipinski definition) is 1. The molecule has 3 heteroatoms. The molecule has 0 aliphatic rings. The summed E-state index contributed by atoms with van der Waals surface area (Å²) in [5.74, 6) is -0.725. The Labute approximate surface area is 57.8 Å². The zero-order valence-corrected chi connectivity index (χ0v) is 7.00. The van der Waals surface area contributed by atoms with Gasteiger partial charge < -0.3 is 5.11 Å². The lowest BCUT2D eigenvalue weighted by molar-refractivity contribution is -0.140. The van der Waals surface area contributed by atoms with Crippen LogP contribution in [0.2, 0.25) is 0 Å². The van der Waals surface area contributed by atoms with Crippen LogP contribution in [0.1, 0.15) is 26.7 Å². The predicted octanol–water partition coefficient (Wildman–Crippen LogP) is 1.50. The maximum absolute atomic E-state index is 10.5. The number of rotatable bonds is 3. The van der Waals surface area contributed by atoms with Gasteiger partial charge in [0.2, 0.25) is 0 Å². The molecular formula is C6H13O2P. The normalized spacial score (nSPS) is 11.4. The second-order valence-corrected chi connectivity index (χ2v) is 3.27. The van der Waals surface area contributed by atoms with Crippen LogP contribution in [0.3, 0.4) is 0 Å². The average molecular weight is 148 g/mol. The van der Waals surface area contributed by atoms with E-state index in [-0.39, 0.29) is 0 Å². The van der Waals surface area contributed by atoms with Crippen LogP contribution in [0.5, 0.6) is 0 Å².